The topological polar surface area (TPSA) is 65.9 Å². The Morgan fingerprint density at radius 2 is 1.89 bits per heavy atom. The number of aromatic nitrogens is 1. The number of hydrogen-bond donors (Lipinski definition) is 1. The van der Waals surface area contributed by atoms with E-state index in [4.69, 9.17) is 4.74 Å². The first-order chi connectivity index (χ1) is 13.2. The standard InChI is InChI=1S/C18H21F4N3O3/c19-17(20)5-12(6-26)25(10-17)16(27)13-3-4-14(24-8-18(21,22)9-24)15(23-13)28-7-11-1-2-11/h3-4,11-12,26H,1-2,5-10H2/t12-/m0/s1. The van der Waals surface area contributed by atoms with Crippen molar-refractivity contribution in [3.05, 3.63) is 17.8 Å². The molecule has 1 aliphatic carbocycles. The molecule has 1 N–H and O–H groups in total. The first kappa shape index (κ1) is 19.2. The number of aliphatic hydroxyl groups is 1. The number of pyridine rings is 1. The third kappa shape index (κ3) is 3.87. The number of aliphatic hydroxyl groups excluding tert-OH is 1. The summed E-state index contributed by atoms with van der Waals surface area (Å²) in [5.41, 5.74) is 0.242. The molecule has 6 nitrogen and oxygen atoms in total. The van der Waals surface area contributed by atoms with Crippen LogP contribution in [-0.2, 0) is 0 Å². The van der Waals surface area contributed by atoms with E-state index in [1.54, 1.807) is 0 Å². The van der Waals surface area contributed by atoms with E-state index in [-0.39, 0.29) is 11.6 Å². The third-order valence-electron chi connectivity index (χ3n) is 5.25. The third-order valence-corrected chi connectivity index (χ3v) is 5.25. The summed E-state index contributed by atoms with van der Waals surface area (Å²) in [4.78, 5) is 19.2. The fraction of sp³-hybridized carbons (Fsp3) is 0.667. The zero-order valence-corrected chi connectivity index (χ0v) is 15.1. The number of carbonyl (C=O) groups is 1. The molecule has 1 aromatic rings. The van der Waals surface area contributed by atoms with Crippen LogP contribution in [0.4, 0.5) is 23.2 Å². The van der Waals surface area contributed by atoms with E-state index < -0.39 is 56.5 Å². The van der Waals surface area contributed by atoms with Crippen molar-refractivity contribution in [3.8, 4) is 5.88 Å². The summed E-state index contributed by atoms with van der Waals surface area (Å²) in [6.07, 6.45) is 1.41. The monoisotopic (exact) mass is 403 g/mol. The van der Waals surface area contributed by atoms with Gasteiger partial charge in [0.05, 0.1) is 38.9 Å². The van der Waals surface area contributed by atoms with Crippen LogP contribution >= 0.6 is 0 Å². The van der Waals surface area contributed by atoms with Crippen LogP contribution in [0.15, 0.2) is 12.1 Å². The first-order valence-corrected chi connectivity index (χ1v) is 9.24. The van der Waals surface area contributed by atoms with Crippen LogP contribution in [-0.4, -0.2) is 71.6 Å². The van der Waals surface area contributed by atoms with Gasteiger partial charge in [-0.05, 0) is 30.9 Å². The molecule has 28 heavy (non-hydrogen) atoms. The predicted molar refractivity (Wildman–Crippen MR) is 91.1 cm³/mol. The molecule has 3 heterocycles. The molecule has 0 bridgehead atoms. The minimum Gasteiger partial charge on any atom is -0.476 e. The van der Waals surface area contributed by atoms with E-state index in [1.807, 2.05) is 0 Å². The summed E-state index contributed by atoms with van der Waals surface area (Å²) < 4.78 is 59.5. The molecule has 1 amide bonds. The Morgan fingerprint density at radius 1 is 1.18 bits per heavy atom. The number of carbonyl (C=O) groups excluding carboxylic acids is 1. The van der Waals surface area contributed by atoms with Crippen molar-refractivity contribution in [2.75, 3.05) is 37.7 Å². The smallest absolute Gasteiger partial charge is 0.282 e. The van der Waals surface area contributed by atoms with E-state index in [2.05, 4.69) is 4.98 Å². The lowest BCUT2D eigenvalue weighted by molar-refractivity contribution is -0.0265. The molecule has 1 aromatic heterocycles. The summed E-state index contributed by atoms with van der Waals surface area (Å²) in [6, 6.07) is 1.79. The van der Waals surface area contributed by atoms with Crippen molar-refractivity contribution < 1.29 is 32.2 Å². The fourth-order valence-electron chi connectivity index (χ4n) is 3.51. The van der Waals surface area contributed by atoms with E-state index in [9.17, 15) is 27.5 Å². The van der Waals surface area contributed by atoms with Crippen molar-refractivity contribution in [1.29, 1.82) is 0 Å². The summed E-state index contributed by atoms with van der Waals surface area (Å²) in [5.74, 6) is -6.16. The molecule has 0 unspecified atom stereocenters. The van der Waals surface area contributed by atoms with Gasteiger partial charge in [-0.25, -0.2) is 22.5 Å². The van der Waals surface area contributed by atoms with Crippen LogP contribution in [0.5, 0.6) is 5.88 Å². The second kappa shape index (κ2) is 6.75. The number of halogens is 4. The lowest BCUT2D eigenvalue weighted by atomic mass is 10.1. The minimum absolute atomic E-state index is 0.0553. The molecule has 3 aliphatic rings. The van der Waals surface area contributed by atoms with E-state index in [1.165, 1.54) is 17.0 Å². The largest absolute Gasteiger partial charge is 0.476 e. The quantitative estimate of drug-likeness (QED) is 0.738. The highest BCUT2D eigenvalue weighted by Gasteiger charge is 2.48. The highest BCUT2D eigenvalue weighted by molar-refractivity contribution is 5.93. The van der Waals surface area contributed by atoms with Crippen LogP contribution in [0.2, 0.25) is 0 Å². The van der Waals surface area contributed by atoms with Crippen LogP contribution in [0.3, 0.4) is 0 Å². The molecule has 3 fully saturated rings. The zero-order valence-electron chi connectivity index (χ0n) is 15.1. The maximum Gasteiger partial charge on any atom is 0.282 e. The van der Waals surface area contributed by atoms with Gasteiger partial charge in [-0.1, -0.05) is 0 Å². The summed E-state index contributed by atoms with van der Waals surface area (Å²) >= 11 is 0. The van der Waals surface area contributed by atoms with Gasteiger partial charge in [0.25, 0.3) is 17.8 Å². The number of likely N-dealkylation sites (tertiary alicyclic amines) is 1. The van der Waals surface area contributed by atoms with Gasteiger partial charge in [-0.2, -0.15) is 0 Å². The molecular weight excluding hydrogens is 382 g/mol. The summed E-state index contributed by atoms with van der Waals surface area (Å²) in [7, 11) is 0. The predicted octanol–water partition coefficient (Wildman–Crippen LogP) is 2.17. The maximum absolute atomic E-state index is 13.7. The zero-order chi connectivity index (χ0) is 20.1. The number of rotatable bonds is 6. The Kier molecular flexibility index (Phi) is 4.64. The Balaban J connectivity index is 1.56. The van der Waals surface area contributed by atoms with Crippen LogP contribution in [0.1, 0.15) is 29.8 Å². The molecule has 2 saturated heterocycles. The molecule has 10 heteroatoms. The molecule has 0 spiro atoms. The number of alkyl halides is 4. The van der Waals surface area contributed by atoms with Crippen molar-refractivity contribution >= 4 is 11.6 Å². The average Bonchev–Trinajstić information content (AvgIpc) is 3.39. The molecular formula is C18H21F4N3O3. The van der Waals surface area contributed by atoms with Gasteiger partial charge in [0.2, 0.25) is 5.88 Å². The van der Waals surface area contributed by atoms with Crippen LogP contribution in [0, 0.1) is 5.92 Å². The summed E-state index contributed by atoms with van der Waals surface area (Å²) in [6.45, 7) is -1.94. The second-order valence-corrected chi connectivity index (χ2v) is 7.82. The Morgan fingerprint density at radius 3 is 2.50 bits per heavy atom. The van der Waals surface area contributed by atoms with E-state index in [0.29, 0.717) is 18.2 Å². The number of ether oxygens (including phenoxy) is 1. The van der Waals surface area contributed by atoms with Gasteiger partial charge in [0.1, 0.15) is 11.4 Å². The average molecular weight is 403 g/mol. The summed E-state index contributed by atoms with van der Waals surface area (Å²) in [5, 5.41) is 9.33. The van der Waals surface area contributed by atoms with Gasteiger partial charge in [0.15, 0.2) is 0 Å². The Bertz CT molecular complexity index is 764. The van der Waals surface area contributed by atoms with Gasteiger partial charge in [-0.3, -0.25) is 4.79 Å². The Labute approximate surface area is 159 Å². The molecule has 4 rings (SSSR count). The molecule has 2 aliphatic heterocycles. The van der Waals surface area contributed by atoms with Gasteiger partial charge < -0.3 is 19.6 Å². The van der Waals surface area contributed by atoms with E-state index in [0.717, 1.165) is 17.7 Å². The number of amides is 1. The van der Waals surface area contributed by atoms with Gasteiger partial charge in [0, 0.05) is 6.42 Å². The second-order valence-electron chi connectivity index (χ2n) is 7.82. The molecule has 1 atom stereocenters. The number of hydrogen-bond acceptors (Lipinski definition) is 5. The van der Waals surface area contributed by atoms with Crippen molar-refractivity contribution in [2.45, 2.75) is 37.1 Å². The van der Waals surface area contributed by atoms with Crippen LogP contribution in [0.25, 0.3) is 0 Å². The normalized spacial score (nSPS) is 25.5. The van der Waals surface area contributed by atoms with Crippen molar-refractivity contribution in [2.24, 2.45) is 5.92 Å². The SMILES string of the molecule is O=C(c1ccc(N2CC(F)(F)C2)c(OCC2CC2)n1)N1CC(F)(F)C[C@H]1CO. The highest BCUT2D eigenvalue weighted by atomic mass is 19.3. The molecule has 0 aromatic carbocycles. The van der Waals surface area contributed by atoms with Crippen LogP contribution < -0.4 is 9.64 Å². The number of anilines is 1. The first-order valence-electron chi connectivity index (χ1n) is 9.24. The van der Waals surface area contributed by atoms with Gasteiger partial charge >= 0.3 is 0 Å². The van der Waals surface area contributed by atoms with Gasteiger partial charge in [-0.15, -0.1) is 0 Å². The Hall–Kier alpha value is -2.10. The molecule has 0 radical (unpaired) electrons. The molecule has 154 valence electrons. The highest BCUT2D eigenvalue weighted by Crippen LogP contribution is 2.38. The van der Waals surface area contributed by atoms with Crippen molar-refractivity contribution in [1.82, 2.24) is 9.88 Å². The van der Waals surface area contributed by atoms with E-state index >= 15 is 0 Å². The lowest BCUT2D eigenvalue weighted by Gasteiger charge is -2.40. The minimum atomic E-state index is -3.07. The number of nitrogens with zero attached hydrogens (tertiary/aromatic N) is 3. The van der Waals surface area contributed by atoms with Crippen molar-refractivity contribution in [3.63, 3.8) is 0 Å². The maximum atomic E-state index is 13.7. The molecule has 1 saturated carbocycles. The lowest BCUT2D eigenvalue weighted by Crippen LogP contribution is -2.56. The fourth-order valence-corrected chi connectivity index (χ4v) is 3.51.